The maximum atomic E-state index is 9.55. The van der Waals surface area contributed by atoms with Crippen molar-refractivity contribution in [2.24, 2.45) is 5.73 Å². The molecule has 4 N–H and O–H groups in total. The number of unbranched alkanes of at least 4 members (excludes halogenated alkanes) is 3. The van der Waals surface area contributed by atoms with Gasteiger partial charge in [0.05, 0.1) is 12.2 Å². The van der Waals surface area contributed by atoms with E-state index in [2.05, 4.69) is 6.92 Å². The average molecular weight is 203 g/mol. The minimum Gasteiger partial charge on any atom is -0.393 e. The topological polar surface area (TPSA) is 66.5 Å². The lowest BCUT2D eigenvalue weighted by Crippen LogP contribution is -2.34. The minimum absolute atomic E-state index is 0.250. The molecular weight excluding hydrogens is 178 g/mol. The summed E-state index contributed by atoms with van der Waals surface area (Å²) < 4.78 is 0. The van der Waals surface area contributed by atoms with Crippen LogP contribution < -0.4 is 5.73 Å². The molecule has 0 bridgehead atoms. The molecule has 0 saturated heterocycles. The van der Waals surface area contributed by atoms with Crippen LogP contribution in [0.1, 0.15) is 52.4 Å². The fraction of sp³-hybridized carbons (Fsp3) is 1.00. The van der Waals surface area contributed by atoms with Crippen LogP contribution in [0.25, 0.3) is 0 Å². The molecule has 86 valence electrons. The summed E-state index contributed by atoms with van der Waals surface area (Å²) in [5.74, 6) is 0. The summed E-state index contributed by atoms with van der Waals surface area (Å²) in [5.41, 5.74) is 5.50. The van der Waals surface area contributed by atoms with Gasteiger partial charge in [0.15, 0.2) is 0 Å². The van der Waals surface area contributed by atoms with Crippen molar-refractivity contribution in [3.8, 4) is 0 Å². The maximum Gasteiger partial charge on any atom is 0.0712 e. The molecule has 0 unspecified atom stereocenters. The largest absolute Gasteiger partial charge is 0.393 e. The minimum atomic E-state index is -0.573. The van der Waals surface area contributed by atoms with Gasteiger partial charge in [-0.15, -0.1) is 0 Å². The molecule has 0 aromatic rings. The van der Waals surface area contributed by atoms with Gasteiger partial charge in [-0.2, -0.15) is 0 Å². The second-order valence-corrected chi connectivity index (χ2v) is 4.17. The lowest BCUT2D eigenvalue weighted by molar-refractivity contribution is 0.0630. The smallest absolute Gasteiger partial charge is 0.0712 e. The van der Waals surface area contributed by atoms with Crippen LogP contribution in [0.15, 0.2) is 0 Å². The predicted octanol–water partition coefficient (Wildman–Crippen LogP) is 1.42. The van der Waals surface area contributed by atoms with Crippen molar-refractivity contribution in [3.05, 3.63) is 0 Å². The molecule has 0 aromatic carbocycles. The quantitative estimate of drug-likeness (QED) is 0.523. The highest BCUT2D eigenvalue weighted by atomic mass is 16.3. The zero-order valence-corrected chi connectivity index (χ0v) is 9.45. The molecule has 0 aromatic heterocycles. The number of aliphatic hydroxyl groups is 2. The van der Waals surface area contributed by atoms with Gasteiger partial charge in [-0.3, -0.25) is 0 Å². The van der Waals surface area contributed by atoms with Gasteiger partial charge in [0.1, 0.15) is 0 Å². The Morgan fingerprint density at radius 3 is 2.29 bits per heavy atom. The number of hydrogen-bond acceptors (Lipinski definition) is 3. The van der Waals surface area contributed by atoms with Crippen LogP contribution >= 0.6 is 0 Å². The van der Waals surface area contributed by atoms with Gasteiger partial charge >= 0.3 is 0 Å². The fourth-order valence-electron chi connectivity index (χ4n) is 1.42. The normalized spacial score (nSPS) is 17.8. The van der Waals surface area contributed by atoms with E-state index in [9.17, 15) is 10.2 Å². The summed E-state index contributed by atoms with van der Waals surface area (Å²) in [6.45, 7) is 3.92. The Morgan fingerprint density at radius 1 is 1.14 bits per heavy atom. The van der Waals surface area contributed by atoms with Gasteiger partial charge < -0.3 is 15.9 Å². The van der Waals surface area contributed by atoms with Gasteiger partial charge in [0.25, 0.3) is 0 Å². The molecule has 0 radical (unpaired) electrons. The molecular formula is C11H25NO2. The summed E-state index contributed by atoms with van der Waals surface area (Å²) in [4.78, 5) is 0. The third-order valence-corrected chi connectivity index (χ3v) is 2.51. The van der Waals surface area contributed by atoms with E-state index < -0.39 is 12.2 Å². The van der Waals surface area contributed by atoms with E-state index in [4.69, 9.17) is 5.73 Å². The van der Waals surface area contributed by atoms with Gasteiger partial charge in [-0.1, -0.05) is 32.6 Å². The van der Waals surface area contributed by atoms with Crippen molar-refractivity contribution in [2.45, 2.75) is 70.6 Å². The van der Waals surface area contributed by atoms with E-state index in [1.54, 1.807) is 6.92 Å². The summed E-state index contributed by atoms with van der Waals surface area (Å²) in [7, 11) is 0. The number of aliphatic hydroxyl groups excluding tert-OH is 2. The zero-order valence-electron chi connectivity index (χ0n) is 9.45. The van der Waals surface area contributed by atoms with E-state index in [0.717, 1.165) is 12.8 Å². The first-order valence-electron chi connectivity index (χ1n) is 5.69. The maximum absolute atomic E-state index is 9.55. The van der Waals surface area contributed by atoms with E-state index in [1.165, 1.54) is 19.3 Å². The molecule has 3 heteroatoms. The monoisotopic (exact) mass is 203 g/mol. The van der Waals surface area contributed by atoms with Crippen molar-refractivity contribution < 1.29 is 10.2 Å². The Labute approximate surface area is 87.3 Å². The lowest BCUT2D eigenvalue weighted by Gasteiger charge is -2.18. The van der Waals surface area contributed by atoms with Crippen LogP contribution in [0, 0.1) is 0 Å². The van der Waals surface area contributed by atoms with E-state index >= 15 is 0 Å². The molecule has 0 aliphatic carbocycles. The highest BCUT2D eigenvalue weighted by molar-refractivity contribution is 4.70. The second kappa shape index (κ2) is 8.21. The molecule has 0 amide bonds. The Kier molecular flexibility index (Phi) is 8.14. The summed E-state index contributed by atoms with van der Waals surface area (Å²) in [5, 5.41) is 19.0. The van der Waals surface area contributed by atoms with Crippen LogP contribution in [0.3, 0.4) is 0 Å². The fourth-order valence-corrected chi connectivity index (χ4v) is 1.42. The van der Waals surface area contributed by atoms with Crippen molar-refractivity contribution >= 4 is 0 Å². The molecule has 0 heterocycles. The van der Waals surface area contributed by atoms with Crippen molar-refractivity contribution in [2.75, 3.05) is 0 Å². The molecule has 0 spiro atoms. The average Bonchev–Trinajstić information content (AvgIpc) is 2.12. The molecule has 3 atom stereocenters. The lowest BCUT2D eigenvalue weighted by atomic mass is 10.0. The van der Waals surface area contributed by atoms with Crippen LogP contribution in [-0.4, -0.2) is 28.5 Å². The van der Waals surface area contributed by atoms with Crippen molar-refractivity contribution in [1.82, 2.24) is 0 Å². The zero-order chi connectivity index (χ0) is 11.0. The highest BCUT2D eigenvalue weighted by Crippen LogP contribution is 2.10. The van der Waals surface area contributed by atoms with Crippen molar-refractivity contribution in [1.29, 1.82) is 0 Å². The standard InChI is InChI=1S/C11H25NO2/c1-3-4-5-6-7-10(13)8-11(14)9(2)12/h9-11,13-14H,3-8,12H2,1-2H3/t9-,10-,11-/m0/s1. The first-order valence-corrected chi connectivity index (χ1v) is 5.69. The summed E-state index contributed by atoms with van der Waals surface area (Å²) >= 11 is 0. The second-order valence-electron chi connectivity index (χ2n) is 4.17. The third kappa shape index (κ3) is 7.30. The van der Waals surface area contributed by atoms with Gasteiger partial charge in [0, 0.05) is 12.5 Å². The number of nitrogens with two attached hydrogens (primary N) is 1. The Balaban J connectivity index is 3.40. The molecule has 0 aliphatic rings. The first-order chi connectivity index (χ1) is 6.57. The van der Waals surface area contributed by atoms with Gasteiger partial charge in [0.2, 0.25) is 0 Å². The molecule has 0 aliphatic heterocycles. The Hall–Kier alpha value is -0.120. The Bertz CT molecular complexity index is 128. The van der Waals surface area contributed by atoms with Gasteiger partial charge in [-0.25, -0.2) is 0 Å². The Morgan fingerprint density at radius 2 is 1.79 bits per heavy atom. The summed E-state index contributed by atoms with van der Waals surface area (Å²) in [6, 6.07) is -0.250. The molecule has 14 heavy (non-hydrogen) atoms. The molecule has 0 fully saturated rings. The van der Waals surface area contributed by atoms with Crippen LogP contribution in [0.4, 0.5) is 0 Å². The highest BCUT2D eigenvalue weighted by Gasteiger charge is 2.14. The number of rotatable bonds is 8. The van der Waals surface area contributed by atoms with Crippen LogP contribution in [0.5, 0.6) is 0 Å². The molecule has 0 saturated carbocycles. The summed E-state index contributed by atoms with van der Waals surface area (Å²) in [6.07, 6.45) is 4.86. The number of hydrogen-bond donors (Lipinski definition) is 3. The van der Waals surface area contributed by atoms with E-state index in [-0.39, 0.29) is 6.04 Å². The molecule has 3 nitrogen and oxygen atoms in total. The SMILES string of the molecule is CCCCCC[C@H](O)C[C@H](O)[C@H](C)N. The molecule has 0 rings (SSSR count). The predicted molar refractivity (Wildman–Crippen MR) is 59.0 cm³/mol. The van der Waals surface area contributed by atoms with Crippen LogP contribution in [-0.2, 0) is 0 Å². The third-order valence-electron chi connectivity index (χ3n) is 2.51. The van der Waals surface area contributed by atoms with E-state index in [1.807, 2.05) is 0 Å². The van der Waals surface area contributed by atoms with Crippen molar-refractivity contribution in [3.63, 3.8) is 0 Å². The van der Waals surface area contributed by atoms with Crippen LogP contribution in [0.2, 0.25) is 0 Å². The van der Waals surface area contributed by atoms with Gasteiger partial charge in [-0.05, 0) is 13.3 Å². The first kappa shape index (κ1) is 13.9. The van der Waals surface area contributed by atoms with E-state index in [0.29, 0.717) is 6.42 Å².